The molecule has 1 aliphatic heterocycles. The zero-order chi connectivity index (χ0) is 17.6. The van der Waals surface area contributed by atoms with Crippen molar-refractivity contribution in [2.24, 2.45) is 4.99 Å². The van der Waals surface area contributed by atoms with E-state index >= 15 is 0 Å². The van der Waals surface area contributed by atoms with Gasteiger partial charge in [0.25, 0.3) is 5.91 Å². The second kappa shape index (κ2) is 7.65. The van der Waals surface area contributed by atoms with Crippen LogP contribution in [0.1, 0.15) is 23.6 Å². The van der Waals surface area contributed by atoms with Crippen LogP contribution in [0.4, 0.5) is 0 Å². The Kier molecular flexibility index (Phi) is 5.12. The van der Waals surface area contributed by atoms with Crippen molar-refractivity contribution >= 4 is 40.6 Å². The Morgan fingerprint density at radius 1 is 1.12 bits per heavy atom. The highest BCUT2D eigenvalue weighted by atomic mass is 32.2. The predicted molar refractivity (Wildman–Crippen MR) is 103 cm³/mol. The maximum Gasteiger partial charge on any atom is 0.264 e. The first-order valence-corrected chi connectivity index (χ1v) is 8.49. The molecule has 0 radical (unpaired) electrons. The molecule has 0 atom stereocenters. The van der Waals surface area contributed by atoms with Crippen LogP contribution < -0.4 is 5.32 Å². The third kappa shape index (κ3) is 4.25. The van der Waals surface area contributed by atoms with Gasteiger partial charge in [0, 0.05) is 0 Å². The van der Waals surface area contributed by atoms with E-state index in [1.54, 1.807) is 12.3 Å². The van der Waals surface area contributed by atoms with E-state index in [4.69, 9.17) is 5.26 Å². The minimum absolute atomic E-state index is 0.233. The minimum Gasteiger partial charge on any atom is -0.300 e. The van der Waals surface area contributed by atoms with Crippen LogP contribution in [-0.4, -0.2) is 11.1 Å². The third-order valence-electron chi connectivity index (χ3n) is 3.65. The van der Waals surface area contributed by atoms with Gasteiger partial charge in [-0.1, -0.05) is 60.7 Å². The smallest absolute Gasteiger partial charge is 0.264 e. The van der Waals surface area contributed by atoms with Crippen LogP contribution in [0.3, 0.4) is 0 Å². The van der Waals surface area contributed by atoms with Crippen LogP contribution in [0.15, 0.2) is 64.5 Å². The monoisotopic (exact) mass is 345 g/mol. The molecule has 0 spiro atoms. The SMILES string of the molecule is C/C(=C\c1ccc(/C=C2/S/C(=N/C#N)NC2=O)cc1)c1ccccc1. The van der Waals surface area contributed by atoms with Gasteiger partial charge in [-0.2, -0.15) is 5.26 Å². The van der Waals surface area contributed by atoms with E-state index in [0.29, 0.717) is 10.1 Å². The maximum absolute atomic E-state index is 11.8. The number of thioether (sulfide) groups is 1. The van der Waals surface area contributed by atoms with Crippen molar-refractivity contribution in [3.63, 3.8) is 0 Å². The number of nitrogens with one attached hydrogen (secondary N) is 1. The summed E-state index contributed by atoms with van der Waals surface area (Å²) in [7, 11) is 0. The fourth-order valence-electron chi connectivity index (χ4n) is 2.40. The molecule has 5 heteroatoms. The highest BCUT2D eigenvalue weighted by Gasteiger charge is 2.23. The number of amidine groups is 1. The molecular formula is C20H15N3OS. The average Bonchev–Trinajstić information content (AvgIpc) is 2.97. The first-order valence-electron chi connectivity index (χ1n) is 7.67. The third-order valence-corrected chi connectivity index (χ3v) is 4.56. The van der Waals surface area contributed by atoms with E-state index in [0.717, 1.165) is 11.1 Å². The van der Waals surface area contributed by atoms with Crippen molar-refractivity contribution < 1.29 is 4.79 Å². The lowest BCUT2D eigenvalue weighted by Gasteiger charge is -2.02. The van der Waals surface area contributed by atoms with Gasteiger partial charge in [0.05, 0.1) is 4.91 Å². The van der Waals surface area contributed by atoms with Gasteiger partial charge in [-0.3, -0.25) is 10.1 Å². The quantitative estimate of drug-likeness (QED) is 0.513. The summed E-state index contributed by atoms with van der Waals surface area (Å²) in [6, 6.07) is 18.2. The van der Waals surface area contributed by atoms with Crippen LogP contribution in [0.2, 0.25) is 0 Å². The Morgan fingerprint density at radius 3 is 2.48 bits per heavy atom. The van der Waals surface area contributed by atoms with Crippen molar-refractivity contribution in [2.75, 3.05) is 0 Å². The summed E-state index contributed by atoms with van der Waals surface area (Å²) in [4.78, 5) is 15.9. The average molecular weight is 345 g/mol. The number of carbonyl (C=O) groups is 1. The molecule has 25 heavy (non-hydrogen) atoms. The molecule has 1 fully saturated rings. The van der Waals surface area contributed by atoms with Crippen molar-refractivity contribution in [3.05, 3.63) is 76.2 Å². The van der Waals surface area contributed by atoms with Crippen LogP contribution in [0.25, 0.3) is 17.7 Å². The molecule has 3 rings (SSSR count). The summed E-state index contributed by atoms with van der Waals surface area (Å²) >= 11 is 1.17. The summed E-state index contributed by atoms with van der Waals surface area (Å²) in [5.74, 6) is -0.233. The molecule has 0 aromatic heterocycles. The molecule has 4 nitrogen and oxygen atoms in total. The van der Waals surface area contributed by atoms with Crippen LogP contribution in [0.5, 0.6) is 0 Å². The van der Waals surface area contributed by atoms with Gasteiger partial charge in [-0.25, -0.2) is 0 Å². The Hall–Kier alpha value is -3.10. The van der Waals surface area contributed by atoms with Crippen LogP contribution in [-0.2, 0) is 4.79 Å². The number of hydrogen-bond acceptors (Lipinski definition) is 4. The van der Waals surface area contributed by atoms with E-state index in [2.05, 4.69) is 35.4 Å². The molecule has 1 N–H and O–H groups in total. The maximum atomic E-state index is 11.8. The van der Waals surface area contributed by atoms with E-state index in [1.807, 2.05) is 42.5 Å². The fraction of sp³-hybridized carbons (Fsp3) is 0.0500. The normalized spacial score (nSPS) is 17.6. The number of carbonyl (C=O) groups excluding carboxylic acids is 1. The molecule has 1 saturated heterocycles. The summed E-state index contributed by atoms with van der Waals surface area (Å²) in [5.41, 5.74) is 4.40. The lowest BCUT2D eigenvalue weighted by atomic mass is 10.0. The highest BCUT2D eigenvalue weighted by Crippen LogP contribution is 2.26. The molecule has 1 amide bonds. The zero-order valence-electron chi connectivity index (χ0n) is 13.6. The van der Waals surface area contributed by atoms with Gasteiger partial charge in [-0.05, 0) is 47.0 Å². The minimum atomic E-state index is -0.233. The van der Waals surface area contributed by atoms with Gasteiger partial charge in [0.2, 0.25) is 6.19 Å². The van der Waals surface area contributed by atoms with Gasteiger partial charge in [0.1, 0.15) is 0 Å². The van der Waals surface area contributed by atoms with Gasteiger partial charge < -0.3 is 0 Å². The first kappa shape index (κ1) is 16.7. The molecule has 2 aromatic carbocycles. The number of nitriles is 1. The number of benzene rings is 2. The zero-order valence-corrected chi connectivity index (χ0v) is 14.4. The second-order valence-electron chi connectivity index (χ2n) is 5.44. The number of hydrogen-bond donors (Lipinski definition) is 1. The first-order chi connectivity index (χ1) is 12.2. The van der Waals surface area contributed by atoms with Crippen LogP contribution in [0, 0.1) is 11.5 Å². The van der Waals surface area contributed by atoms with Crippen molar-refractivity contribution in [1.29, 1.82) is 5.26 Å². The van der Waals surface area contributed by atoms with Crippen LogP contribution >= 0.6 is 11.8 Å². The highest BCUT2D eigenvalue weighted by molar-refractivity contribution is 8.18. The van der Waals surface area contributed by atoms with Gasteiger partial charge in [0.15, 0.2) is 5.17 Å². The Labute approximate surface area is 150 Å². The summed E-state index contributed by atoms with van der Waals surface area (Å²) in [5, 5.41) is 11.4. The fourth-order valence-corrected chi connectivity index (χ4v) is 3.18. The van der Waals surface area contributed by atoms with Crippen molar-refractivity contribution in [2.45, 2.75) is 6.92 Å². The lowest BCUT2D eigenvalue weighted by Crippen LogP contribution is -2.19. The molecule has 0 saturated carbocycles. The number of allylic oxidation sites excluding steroid dienone is 1. The Morgan fingerprint density at radius 2 is 1.80 bits per heavy atom. The number of amides is 1. The molecular weight excluding hydrogens is 330 g/mol. The number of rotatable bonds is 3. The predicted octanol–water partition coefficient (Wildman–Crippen LogP) is 4.29. The molecule has 0 unspecified atom stereocenters. The van der Waals surface area contributed by atoms with Gasteiger partial charge in [-0.15, -0.1) is 4.99 Å². The van der Waals surface area contributed by atoms with Crippen molar-refractivity contribution in [3.8, 4) is 6.19 Å². The summed E-state index contributed by atoms with van der Waals surface area (Å²) in [6.45, 7) is 2.08. The molecule has 122 valence electrons. The van der Waals surface area contributed by atoms with E-state index in [-0.39, 0.29) is 5.91 Å². The molecule has 2 aromatic rings. The summed E-state index contributed by atoms with van der Waals surface area (Å²) < 4.78 is 0. The van der Waals surface area contributed by atoms with E-state index < -0.39 is 0 Å². The number of aliphatic imine (C=N–C) groups is 1. The van der Waals surface area contributed by atoms with E-state index in [9.17, 15) is 4.79 Å². The van der Waals surface area contributed by atoms with Crippen molar-refractivity contribution in [1.82, 2.24) is 5.32 Å². The molecule has 0 aliphatic carbocycles. The Bertz CT molecular complexity index is 920. The largest absolute Gasteiger partial charge is 0.300 e. The molecule has 1 heterocycles. The molecule has 1 aliphatic rings. The van der Waals surface area contributed by atoms with Gasteiger partial charge >= 0.3 is 0 Å². The lowest BCUT2D eigenvalue weighted by molar-refractivity contribution is -0.115. The topological polar surface area (TPSA) is 65.2 Å². The Balaban J connectivity index is 1.77. The van der Waals surface area contributed by atoms with E-state index in [1.165, 1.54) is 22.9 Å². The number of nitrogens with zero attached hydrogens (tertiary/aromatic N) is 2. The molecule has 0 bridgehead atoms. The standard InChI is InChI=1S/C20H15N3OS/c1-14(17-5-3-2-4-6-17)11-15-7-9-16(10-8-15)12-18-19(24)23-20(25-18)22-13-21/h2-12H,1H3,(H,22,23,24)/b14-11+,18-12+. The second-order valence-corrected chi connectivity index (χ2v) is 6.47. The summed E-state index contributed by atoms with van der Waals surface area (Å²) in [6.07, 6.45) is 5.59.